The Hall–Kier alpha value is -1.92. The van der Waals surface area contributed by atoms with Gasteiger partial charge in [0.05, 0.1) is 17.1 Å². The van der Waals surface area contributed by atoms with Crippen LogP contribution in [0.5, 0.6) is 0 Å². The Labute approximate surface area is 125 Å². The van der Waals surface area contributed by atoms with Gasteiger partial charge in [0.2, 0.25) is 10.0 Å². The van der Waals surface area contributed by atoms with Crippen molar-refractivity contribution in [1.82, 2.24) is 9.71 Å². The number of sulfonamides is 1. The Balaban J connectivity index is 1.99. The molecule has 1 heterocycles. The van der Waals surface area contributed by atoms with E-state index >= 15 is 0 Å². The van der Waals surface area contributed by atoms with Gasteiger partial charge >= 0.3 is 0 Å². The van der Waals surface area contributed by atoms with E-state index in [2.05, 4.69) is 15.0 Å². The highest BCUT2D eigenvalue weighted by atomic mass is 32.2. The van der Waals surface area contributed by atoms with E-state index in [0.29, 0.717) is 13.1 Å². The molecule has 0 spiro atoms. The fourth-order valence-corrected chi connectivity index (χ4v) is 2.90. The van der Waals surface area contributed by atoms with Crippen LogP contribution in [0.4, 0.5) is 5.69 Å². The molecule has 2 rings (SSSR count). The molecular weight excluding hydrogens is 286 g/mol. The summed E-state index contributed by atoms with van der Waals surface area (Å²) in [5.74, 6) is 0. The van der Waals surface area contributed by atoms with Crippen molar-refractivity contribution >= 4 is 15.7 Å². The second-order valence-corrected chi connectivity index (χ2v) is 6.36. The number of pyridine rings is 1. The number of anilines is 1. The van der Waals surface area contributed by atoms with Crippen LogP contribution >= 0.6 is 0 Å². The molecule has 2 aromatic rings. The molecule has 0 saturated carbocycles. The van der Waals surface area contributed by atoms with Crippen molar-refractivity contribution in [3.8, 4) is 0 Å². The highest BCUT2D eigenvalue weighted by Crippen LogP contribution is 2.14. The van der Waals surface area contributed by atoms with E-state index in [1.54, 1.807) is 30.5 Å². The molecule has 0 atom stereocenters. The van der Waals surface area contributed by atoms with Crippen LogP contribution in [0.2, 0.25) is 0 Å². The van der Waals surface area contributed by atoms with Gasteiger partial charge < -0.3 is 5.32 Å². The molecule has 0 amide bonds. The molecule has 1 aromatic heterocycles. The Bertz CT molecular complexity index is 655. The first-order chi connectivity index (χ1) is 10.1. The van der Waals surface area contributed by atoms with E-state index in [4.69, 9.17) is 0 Å². The third-order valence-corrected chi connectivity index (χ3v) is 4.38. The first-order valence-electron chi connectivity index (χ1n) is 6.85. The van der Waals surface area contributed by atoms with Crippen LogP contribution in [-0.4, -0.2) is 19.9 Å². The van der Waals surface area contributed by atoms with Crippen molar-refractivity contribution in [1.29, 1.82) is 0 Å². The van der Waals surface area contributed by atoms with Crippen LogP contribution in [0.25, 0.3) is 0 Å². The SMILES string of the molecule is CCCNS(=O)(=O)c1ccc(NCc2ccccn2)cc1. The molecule has 6 heteroatoms. The van der Waals surface area contributed by atoms with Gasteiger partial charge in [0.15, 0.2) is 0 Å². The summed E-state index contributed by atoms with van der Waals surface area (Å²) in [4.78, 5) is 4.49. The minimum absolute atomic E-state index is 0.277. The number of aromatic nitrogens is 1. The maximum atomic E-state index is 11.9. The molecule has 0 fully saturated rings. The number of nitrogens with zero attached hydrogens (tertiary/aromatic N) is 1. The van der Waals surface area contributed by atoms with Crippen LogP contribution in [0.3, 0.4) is 0 Å². The summed E-state index contributed by atoms with van der Waals surface area (Å²) in [6, 6.07) is 12.4. The molecule has 1 aromatic carbocycles. The van der Waals surface area contributed by atoms with Gasteiger partial charge in [0.1, 0.15) is 0 Å². The molecule has 0 bridgehead atoms. The van der Waals surface area contributed by atoms with Crippen molar-refractivity contribution in [3.63, 3.8) is 0 Å². The zero-order valence-electron chi connectivity index (χ0n) is 11.9. The topological polar surface area (TPSA) is 71.1 Å². The van der Waals surface area contributed by atoms with Crippen molar-refractivity contribution < 1.29 is 8.42 Å². The lowest BCUT2D eigenvalue weighted by molar-refractivity contribution is 0.581. The molecule has 0 unspecified atom stereocenters. The predicted molar refractivity (Wildman–Crippen MR) is 83.5 cm³/mol. The molecule has 5 nitrogen and oxygen atoms in total. The van der Waals surface area contributed by atoms with E-state index < -0.39 is 10.0 Å². The predicted octanol–water partition coefficient (Wildman–Crippen LogP) is 2.38. The first-order valence-corrected chi connectivity index (χ1v) is 8.33. The number of rotatable bonds is 7. The first kappa shape index (κ1) is 15.5. The fraction of sp³-hybridized carbons (Fsp3) is 0.267. The van der Waals surface area contributed by atoms with Crippen LogP contribution in [0.15, 0.2) is 53.6 Å². The van der Waals surface area contributed by atoms with Crippen LogP contribution in [0, 0.1) is 0 Å². The lowest BCUT2D eigenvalue weighted by Crippen LogP contribution is -2.24. The van der Waals surface area contributed by atoms with Crippen molar-refractivity contribution in [2.45, 2.75) is 24.8 Å². The number of hydrogen-bond acceptors (Lipinski definition) is 4. The summed E-state index contributed by atoms with van der Waals surface area (Å²) >= 11 is 0. The van der Waals surface area contributed by atoms with Crippen molar-refractivity contribution in [3.05, 3.63) is 54.4 Å². The van der Waals surface area contributed by atoms with Gasteiger partial charge in [0.25, 0.3) is 0 Å². The Morgan fingerprint density at radius 1 is 1.10 bits per heavy atom. The van der Waals surface area contributed by atoms with Gasteiger partial charge in [-0.3, -0.25) is 4.98 Å². The van der Waals surface area contributed by atoms with Gasteiger partial charge in [-0.05, 0) is 42.8 Å². The van der Waals surface area contributed by atoms with Crippen LogP contribution in [-0.2, 0) is 16.6 Å². The summed E-state index contributed by atoms with van der Waals surface area (Å²) < 4.78 is 26.4. The summed E-state index contributed by atoms with van der Waals surface area (Å²) in [6.07, 6.45) is 2.51. The average Bonchev–Trinajstić information content (AvgIpc) is 2.52. The maximum Gasteiger partial charge on any atom is 0.240 e. The van der Waals surface area contributed by atoms with E-state index in [9.17, 15) is 8.42 Å². The van der Waals surface area contributed by atoms with E-state index in [-0.39, 0.29) is 4.90 Å². The third kappa shape index (κ3) is 4.54. The Kier molecular flexibility index (Phi) is 5.30. The van der Waals surface area contributed by atoms with Crippen LogP contribution < -0.4 is 10.0 Å². The minimum atomic E-state index is -3.40. The monoisotopic (exact) mass is 305 g/mol. The normalized spacial score (nSPS) is 11.3. The number of benzene rings is 1. The number of nitrogens with one attached hydrogen (secondary N) is 2. The Morgan fingerprint density at radius 3 is 2.48 bits per heavy atom. The largest absolute Gasteiger partial charge is 0.379 e. The number of hydrogen-bond donors (Lipinski definition) is 2. The zero-order chi connectivity index (χ0) is 15.1. The second kappa shape index (κ2) is 7.19. The van der Waals surface area contributed by atoms with Gasteiger partial charge in [-0.15, -0.1) is 0 Å². The average molecular weight is 305 g/mol. The molecule has 0 saturated heterocycles. The zero-order valence-corrected chi connectivity index (χ0v) is 12.7. The quantitative estimate of drug-likeness (QED) is 0.824. The molecule has 112 valence electrons. The van der Waals surface area contributed by atoms with Gasteiger partial charge in [-0.2, -0.15) is 0 Å². The van der Waals surface area contributed by atoms with E-state index in [1.807, 2.05) is 25.1 Å². The summed E-state index contributed by atoms with van der Waals surface area (Å²) in [5, 5.41) is 3.21. The molecule has 0 radical (unpaired) electrons. The molecule has 0 aliphatic rings. The van der Waals surface area contributed by atoms with Gasteiger partial charge in [-0.25, -0.2) is 13.1 Å². The molecule has 0 aliphatic carbocycles. The second-order valence-electron chi connectivity index (χ2n) is 4.60. The highest BCUT2D eigenvalue weighted by Gasteiger charge is 2.12. The molecular formula is C15H19N3O2S. The summed E-state index contributed by atoms with van der Waals surface area (Å²) in [6.45, 7) is 2.97. The minimum Gasteiger partial charge on any atom is -0.379 e. The van der Waals surface area contributed by atoms with E-state index in [1.165, 1.54) is 0 Å². The smallest absolute Gasteiger partial charge is 0.240 e. The molecule has 2 N–H and O–H groups in total. The summed E-state index contributed by atoms with van der Waals surface area (Å²) in [5.41, 5.74) is 1.79. The molecule has 0 aliphatic heterocycles. The Morgan fingerprint density at radius 2 is 1.86 bits per heavy atom. The van der Waals surface area contributed by atoms with Crippen LogP contribution in [0.1, 0.15) is 19.0 Å². The summed E-state index contributed by atoms with van der Waals surface area (Å²) in [7, 11) is -3.40. The standard InChI is InChI=1S/C15H19N3O2S/c1-2-10-18-21(19,20)15-8-6-13(7-9-15)17-12-14-5-3-4-11-16-14/h3-9,11,17-18H,2,10,12H2,1H3. The lowest BCUT2D eigenvalue weighted by Gasteiger charge is -2.08. The van der Waals surface area contributed by atoms with Crippen molar-refractivity contribution in [2.24, 2.45) is 0 Å². The van der Waals surface area contributed by atoms with Gasteiger partial charge in [0, 0.05) is 18.4 Å². The molecule has 21 heavy (non-hydrogen) atoms. The van der Waals surface area contributed by atoms with Crippen molar-refractivity contribution in [2.75, 3.05) is 11.9 Å². The fourth-order valence-electron chi connectivity index (χ4n) is 1.77. The maximum absolute atomic E-state index is 11.9. The highest BCUT2D eigenvalue weighted by molar-refractivity contribution is 7.89. The third-order valence-electron chi connectivity index (χ3n) is 2.91. The van der Waals surface area contributed by atoms with E-state index in [0.717, 1.165) is 17.8 Å². The lowest BCUT2D eigenvalue weighted by atomic mass is 10.3. The van der Waals surface area contributed by atoms with Gasteiger partial charge in [-0.1, -0.05) is 13.0 Å².